The molecule has 7 heteroatoms. The summed E-state index contributed by atoms with van der Waals surface area (Å²) in [6.07, 6.45) is 5.51. The van der Waals surface area contributed by atoms with Crippen molar-refractivity contribution in [3.05, 3.63) is 28.7 Å². The monoisotopic (exact) mass is 440 g/mol. The minimum Gasteiger partial charge on any atom is -0.381 e. The van der Waals surface area contributed by atoms with E-state index < -0.39 is 0 Å². The first-order valence-electron chi connectivity index (χ1n) is 9.25. The molecule has 0 aromatic heterocycles. The zero-order valence-electron chi connectivity index (χ0n) is 15.6. The van der Waals surface area contributed by atoms with E-state index in [-0.39, 0.29) is 4.75 Å². The Morgan fingerprint density at radius 1 is 1.38 bits per heavy atom. The van der Waals surface area contributed by atoms with Crippen LogP contribution < -0.4 is 15.5 Å². The number of ether oxygens (including phenoxy) is 1. The van der Waals surface area contributed by atoms with E-state index in [2.05, 4.69) is 67.0 Å². The van der Waals surface area contributed by atoms with Gasteiger partial charge in [-0.15, -0.1) is 0 Å². The Morgan fingerprint density at radius 3 is 2.85 bits per heavy atom. The van der Waals surface area contributed by atoms with Crippen LogP contribution in [0.15, 0.2) is 33.7 Å². The van der Waals surface area contributed by atoms with E-state index >= 15 is 0 Å². The first-order chi connectivity index (χ1) is 12.7. The molecule has 1 aromatic carbocycles. The maximum Gasteiger partial charge on any atom is 0.191 e. The second-order valence-corrected chi connectivity index (χ2v) is 9.08. The highest BCUT2D eigenvalue weighted by molar-refractivity contribution is 9.10. The predicted molar refractivity (Wildman–Crippen MR) is 116 cm³/mol. The number of halogens is 1. The van der Waals surface area contributed by atoms with Crippen molar-refractivity contribution in [2.45, 2.75) is 30.1 Å². The number of thioether (sulfide) groups is 1. The zero-order chi connectivity index (χ0) is 18.4. The number of guanidine groups is 1. The number of aliphatic imine (C=N–C) groups is 1. The molecular weight excluding hydrogens is 412 g/mol. The van der Waals surface area contributed by atoms with Crippen molar-refractivity contribution >= 4 is 39.3 Å². The minimum atomic E-state index is 0.256. The van der Waals surface area contributed by atoms with Crippen LogP contribution in [0.25, 0.3) is 0 Å². The lowest BCUT2D eigenvalue weighted by Crippen LogP contribution is -2.50. The Balaban J connectivity index is 1.52. The summed E-state index contributed by atoms with van der Waals surface area (Å²) in [5.74, 6) is 0.906. The summed E-state index contributed by atoms with van der Waals surface area (Å²) in [7, 11) is 1.85. The molecule has 1 unspecified atom stereocenters. The van der Waals surface area contributed by atoms with E-state index in [0.29, 0.717) is 6.04 Å². The Bertz CT molecular complexity index is 621. The number of rotatable bonds is 5. The molecule has 2 aliphatic rings. The molecule has 0 amide bonds. The highest BCUT2D eigenvalue weighted by atomic mass is 79.9. The van der Waals surface area contributed by atoms with Crippen molar-refractivity contribution in [2.75, 3.05) is 51.1 Å². The van der Waals surface area contributed by atoms with E-state index in [1.807, 2.05) is 18.8 Å². The number of nitrogens with zero attached hydrogens (tertiary/aromatic N) is 2. The fourth-order valence-corrected chi connectivity index (χ4v) is 4.96. The second kappa shape index (κ2) is 9.33. The topological polar surface area (TPSA) is 48.9 Å². The normalized spacial score (nSPS) is 23.1. The average molecular weight is 441 g/mol. The maximum absolute atomic E-state index is 5.53. The van der Waals surface area contributed by atoms with Gasteiger partial charge in [-0.25, -0.2) is 0 Å². The van der Waals surface area contributed by atoms with Gasteiger partial charge in [-0.3, -0.25) is 4.99 Å². The molecule has 3 rings (SSSR count). The van der Waals surface area contributed by atoms with Gasteiger partial charge in [0.2, 0.25) is 0 Å². The summed E-state index contributed by atoms with van der Waals surface area (Å²) >= 11 is 5.61. The van der Waals surface area contributed by atoms with Crippen molar-refractivity contribution in [1.82, 2.24) is 10.6 Å². The Kier molecular flexibility index (Phi) is 7.12. The van der Waals surface area contributed by atoms with Crippen LogP contribution in [0.5, 0.6) is 0 Å². The molecule has 0 saturated carbocycles. The lowest BCUT2D eigenvalue weighted by molar-refractivity contribution is 0.0782. The van der Waals surface area contributed by atoms with Gasteiger partial charge in [0, 0.05) is 55.2 Å². The number of nitrogens with one attached hydrogen (secondary N) is 2. The average Bonchev–Trinajstić information content (AvgIpc) is 3.14. The third-order valence-corrected chi connectivity index (χ3v) is 7.45. The molecule has 2 heterocycles. The summed E-state index contributed by atoms with van der Waals surface area (Å²) in [6.45, 7) is 4.70. The first kappa shape index (κ1) is 19.8. The number of hydrogen-bond donors (Lipinski definition) is 2. The van der Waals surface area contributed by atoms with Gasteiger partial charge in [0.1, 0.15) is 0 Å². The molecule has 0 aliphatic carbocycles. The number of hydrogen-bond acceptors (Lipinski definition) is 4. The molecule has 26 heavy (non-hydrogen) atoms. The van der Waals surface area contributed by atoms with E-state index in [1.54, 1.807) is 0 Å². The van der Waals surface area contributed by atoms with Crippen LogP contribution in [0.3, 0.4) is 0 Å². The van der Waals surface area contributed by atoms with E-state index in [4.69, 9.17) is 4.74 Å². The van der Waals surface area contributed by atoms with Gasteiger partial charge in [-0.05, 0) is 53.6 Å². The second-order valence-electron chi connectivity index (χ2n) is 6.95. The summed E-state index contributed by atoms with van der Waals surface area (Å²) in [6, 6.07) is 8.84. The highest BCUT2D eigenvalue weighted by Gasteiger charge is 2.32. The van der Waals surface area contributed by atoms with Crippen molar-refractivity contribution in [3.8, 4) is 0 Å². The SMILES string of the molecule is CN=C(NCC1(SC)CCOCC1)NC1CCN(c2ccccc2Br)C1. The summed E-state index contributed by atoms with van der Waals surface area (Å²) in [5, 5.41) is 7.17. The lowest BCUT2D eigenvalue weighted by Gasteiger charge is -2.36. The first-order valence-corrected chi connectivity index (χ1v) is 11.3. The van der Waals surface area contributed by atoms with Gasteiger partial charge < -0.3 is 20.3 Å². The highest BCUT2D eigenvalue weighted by Crippen LogP contribution is 2.33. The van der Waals surface area contributed by atoms with Crippen molar-refractivity contribution < 1.29 is 4.74 Å². The number of para-hydroxylation sites is 1. The van der Waals surface area contributed by atoms with Crippen LogP contribution in [0, 0.1) is 0 Å². The van der Waals surface area contributed by atoms with Crippen LogP contribution in [0.1, 0.15) is 19.3 Å². The molecule has 1 aromatic rings. The van der Waals surface area contributed by atoms with Crippen molar-refractivity contribution in [3.63, 3.8) is 0 Å². The van der Waals surface area contributed by atoms with E-state index in [0.717, 1.165) is 62.5 Å². The van der Waals surface area contributed by atoms with E-state index in [9.17, 15) is 0 Å². The molecule has 2 aliphatic heterocycles. The van der Waals surface area contributed by atoms with Gasteiger partial charge in [-0.2, -0.15) is 11.8 Å². The molecule has 2 N–H and O–H groups in total. The fraction of sp³-hybridized carbons (Fsp3) is 0.632. The van der Waals surface area contributed by atoms with Crippen molar-refractivity contribution in [1.29, 1.82) is 0 Å². The Morgan fingerprint density at radius 2 is 2.15 bits per heavy atom. The molecule has 2 saturated heterocycles. The molecule has 1 atom stereocenters. The maximum atomic E-state index is 5.53. The molecular formula is C19H29BrN4OS. The largest absolute Gasteiger partial charge is 0.381 e. The Hall–Kier alpha value is -0.920. The number of anilines is 1. The standard InChI is InChI=1S/C19H29BrN4OS/c1-21-18(22-14-19(26-2)8-11-25-12-9-19)23-15-7-10-24(13-15)17-6-4-3-5-16(17)20/h3-6,15H,7-14H2,1-2H3,(H2,21,22,23). The predicted octanol–water partition coefficient (Wildman–Crippen LogP) is 3.11. The third kappa shape index (κ3) is 4.87. The molecule has 0 spiro atoms. The Labute approximate surface area is 169 Å². The molecule has 144 valence electrons. The summed E-state index contributed by atoms with van der Waals surface area (Å²) in [4.78, 5) is 6.87. The summed E-state index contributed by atoms with van der Waals surface area (Å²) < 4.78 is 6.95. The van der Waals surface area contributed by atoms with Gasteiger partial charge in [-0.1, -0.05) is 12.1 Å². The van der Waals surface area contributed by atoms with E-state index in [1.165, 1.54) is 5.69 Å². The molecule has 0 radical (unpaired) electrons. The molecule has 0 bridgehead atoms. The number of benzene rings is 1. The smallest absolute Gasteiger partial charge is 0.191 e. The van der Waals surface area contributed by atoms with Crippen LogP contribution in [-0.4, -0.2) is 62.9 Å². The molecule has 5 nitrogen and oxygen atoms in total. The quantitative estimate of drug-likeness (QED) is 0.543. The zero-order valence-corrected chi connectivity index (χ0v) is 18.0. The summed E-state index contributed by atoms with van der Waals surface area (Å²) in [5.41, 5.74) is 1.27. The fourth-order valence-electron chi connectivity index (χ4n) is 3.63. The minimum absolute atomic E-state index is 0.256. The van der Waals surface area contributed by atoms with Crippen LogP contribution >= 0.6 is 27.7 Å². The van der Waals surface area contributed by atoms with Gasteiger partial charge in [0.25, 0.3) is 0 Å². The lowest BCUT2D eigenvalue weighted by atomic mass is 9.99. The van der Waals surface area contributed by atoms with Crippen LogP contribution in [-0.2, 0) is 4.74 Å². The van der Waals surface area contributed by atoms with Gasteiger partial charge >= 0.3 is 0 Å². The van der Waals surface area contributed by atoms with Gasteiger partial charge in [0.15, 0.2) is 5.96 Å². The molecule has 2 fully saturated rings. The van der Waals surface area contributed by atoms with Crippen molar-refractivity contribution in [2.24, 2.45) is 4.99 Å². The van der Waals surface area contributed by atoms with Crippen LogP contribution in [0.4, 0.5) is 5.69 Å². The van der Waals surface area contributed by atoms with Gasteiger partial charge in [0.05, 0.1) is 5.69 Å². The third-order valence-electron chi connectivity index (χ3n) is 5.36. The van der Waals surface area contributed by atoms with Crippen LogP contribution in [0.2, 0.25) is 0 Å².